The largest absolute Gasteiger partial charge is 0.325 e. The topological polar surface area (TPSA) is 29.1 Å². The first-order chi connectivity index (χ1) is 11.1. The van der Waals surface area contributed by atoms with E-state index >= 15 is 0 Å². The first kappa shape index (κ1) is 15.6. The zero-order valence-corrected chi connectivity index (χ0v) is 13.4. The van der Waals surface area contributed by atoms with E-state index in [4.69, 9.17) is 0 Å². The number of rotatable bonds is 4. The molecular weight excluding hydrogens is 309 g/mol. The summed E-state index contributed by atoms with van der Waals surface area (Å²) >= 11 is 1.40. The van der Waals surface area contributed by atoms with Crippen LogP contribution >= 0.6 is 11.8 Å². The Morgan fingerprint density at radius 2 is 1.70 bits per heavy atom. The van der Waals surface area contributed by atoms with Crippen molar-refractivity contribution in [2.45, 2.75) is 17.1 Å². The molecule has 0 radical (unpaired) electrons. The van der Waals surface area contributed by atoms with E-state index in [0.717, 1.165) is 21.4 Å². The first-order valence-corrected chi connectivity index (χ1v) is 8.22. The number of nitrogens with one attached hydrogen (secondary N) is 1. The predicted octanol–water partition coefficient (Wildman–Crippen LogP) is 5.10. The third-order valence-corrected chi connectivity index (χ3v) is 4.62. The molecule has 4 heteroatoms. The molecule has 0 heterocycles. The molecule has 0 saturated heterocycles. The second-order valence-electron chi connectivity index (χ2n) is 5.27. The molecule has 0 saturated carbocycles. The zero-order valence-electron chi connectivity index (χ0n) is 12.6. The lowest BCUT2D eigenvalue weighted by atomic mass is 10.1. The van der Waals surface area contributed by atoms with Crippen LogP contribution in [0.1, 0.15) is 6.92 Å². The third kappa shape index (κ3) is 3.90. The molecule has 2 nitrogen and oxygen atoms in total. The lowest BCUT2D eigenvalue weighted by Gasteiger charge is -2.12. The van der Waals surface area contributed by atoms with Gasteiger partial charge in [0.15, 0.2) is 0 Å². The summed E-state index contributed by atoms with van der Waals surface area (Å²) < 4.78 is 12.9. The second kappa shape index (κ2) is 6.84. The Morgan fingerprint density at radius 3 is 2.43 bits per heavy atom. The van der Waals surface area contributed by atoms with Crippen LogP contribution in [0.25, 0.3) is 10.8 Å². The molecule has 0 fully saturated rings. The van der Waals surface area contributed by atoms with Crippen LogP contribution in [0.5, 0.6) is 0 Å². The summed E-state index contributed by atoms with van der Waals surface area (Å²) in [5.74, 6) is -0.350. The van der Waals surface area contributed by atoms with Crippen LogP contribution < -0.4 is 5.32 Å². The van der Waals surface area contributed by atoms with Gasteiger partial charge in [-0.15, -0.1) is 11.8 Å². The van der Waals surface area contributed by atoms with Gasteiger partial charge in [0.05, 0.1) is 5.25 Å². The molecule has 0 aliphatic heterocycles. The number of carbonyl (C=O) groups excluding carboxylic acids is 1. The van der Waals surface area contributed by atoms with E-state index in [2.05, 4.69) is 5.32 Å². The van der Waals surface area contributed by atoms with Gasteiger partial charge in [0.1, 0.15) is 5.82 Å². The van der Waals surface area contributed by atoms with Gasteiger partial charge in [0.2, 0.25) is 5.91 Å². The monoisotopic (exact) mass is 325 g/mol. The highest BCUT2D eigenvalue weighted by Gasteiger charge is 2.14. The lowest BCUT2D eigenvalue weighted by molar-refractivity contribution is -0.115. The van der Waals surface area contributed by atoms with E-state index in [1.54, 1.807) is 12.1 Å². The normalized spacial score (nSPS) is 12.1. The summed E-state index contributed by atoms with van der Waals surface area (Å²) in [6.07, 6.45) is 0. The minimum Gasteiger partial charge on any atom is -0.325 e. The van der Waals surface area contributed by atoms with Crippen LogP contribution in [0.2, 0.25) is 0 Å². The number of benzene rings is 3. The summed E-state index contributed by atoms with van der Waals surface area (Å²) in [6, 6.07) is 20.0. The molecule has 3 rings (SSSR count). The number of thioether (sulfide) groups is 1. The van der Waals surface area contributed by atoms with E-state index in [1.165, 1.54) is 23.9 Å². The smallest absolute Gasteiger partial charge is 0.237 e. The Balaban J connectivity index is 1.68. The van der Waals surface area contributed by atoms with Crippen LogP contribution in [0.3, 0.4) is 0 Å². The molecular formula is C19H16FNOS. The van der Waals surface area contributed by atoms with E-state index in [9.17, 15) is 9.18 Å². The fourth-order valence-electron chi connectivity index (χ4n) is 2.28. The van der Waals surface area contributed by atoms with Crippen molar-refractivity contribution in [2.24, 2.45) is 0 Å². The number of hydrogen-bond acceptors (Lipinski definition) is 2. The summed E-state index contributed by atoms with van der Waals surface area (Å²) in [6.45, 7) is 1.84. The highest BCUT2D eigenvalue weighted by molar-refractivity contribution is 8.00. The number of hydrogen-bond donors (Lipinski definition) is 1. The van der Waals surface area contributed by atoms with Gasteiger partial charge in [0, 0.05) is 10.6 Å². The Kier molecular flexibility index (Phi) is 4.63. The average molecular weight is 325 g/mol. The molecule has 0 aliphatic rings. The van der Waals surface area contributed by atoms with Gasteiger partial charge in [0.25, 0.3) is 0 Å². The van der Waals surface area contributed by atoms with Crippen molar-refractivity contribution < 1.29 is 9.18 Å². The first-order valence-electron chi connectivity index (χ1n) is 7.34. The quantitative estimate of drug-likeness (QED) is 0.676. The fourth-order valence-corrected chi connectivity index (χ4v) is 3.15. The highest BCUT2D eigenvalue weighted by Crippen LogP contribution is 2.25. The minimum atomic E-state index is -0.275. The van der Waals surface area contributed by atoms with Gasteiger partial charge >= 0.3 is 0 Å². The standard InChI is InChI=1S/C19H16FNOS/c1-13(23-18-10-7-16(20)8-11-18)19(22)21-17-9-6-14-4-2-3-5-15(14)12-17/h2-13H,1H3,(H,21,22). The lowest BCUT2D eigenvalue weighted by Crippen LogP contribution is -2.22. The van der Waals surface area contributed by atoms with Gasteiger partial charge in [-0.25, -0.2) is 4.39 Å². The van der Waals surface area contributed by atoms with Crippen molar-refractivity contribution in [1.82, 2.24) is 0 Å². The summed E-state index contributed by atoms with van der Waals surface area (Å²) in [5, 5.41) is 4.89. The Labute approximate surface area is 138 Å². The maximum atomic E-state index is 12.9. The number of amides is 1. The van der Waals surface area contributed by atoms with Crippen molar-refractivity contribution in [3.05, 3.63) is 72.5 Å². The SMILES string of the molecule is CC(Sc1ccc(F)cc1)C(=O)Nc1ccc2ccccc2c1. The molecule has 3 aromatic rings. The maximum absolute atomic E-state index is 12.9. The van der Waals surface area contributed by atoms with E-state index in [1.807, 2.05) is 49.4 Å². The molecule has 0 spiro atoms. The Bertz CT molecular complexity index is 832. The van der Waals surface area contributed by atoms with Crippen LogP contribution in [-0.4, -0.2) is 11.2 Å². The Morgan fingerprint density at radius 1 is 1.00 bits per heavy atom. The van der Waals surface area contributed by atoms with Gasteiger partial charge in [-0.3, -0.25) is 4.79 Å². The van der Waals surface area contributed by atoms with Crippen molar-refractivity contribution >= 4 is 34.1 Å². The predicted molar refractivity (Wildman–Crippen MR) is 94.3 cm³/mol. The highest BCUT2D eigenvalue weighted by atomic mass is 32.2. The molecule has 0 bridgehead atoms. The molecule has 1 unspecified atom stereocenters. The number of fused-ring (bicyclic) bond motifs is 1. The molecule has 1 N–H and O–H groups in total. The molecule has 23 heavy (non-hydrogen) atoms. The molecule has 0 aliphatic carbocycles. The van der Waals surface area contributed by atoms with Crippen LogP contribution in [0.4, 0.5) is 10.1 Å². The number of halogens is 1. The average Bonchev–Trinajstić information content (AvgIpc) is 2.56. The molecule has 116 valence electrons. The molecule has 1 amide bonds. The zero-order chi connectivity index (χ0) is 16.2. The second-order valence-corrected chi connectivity index (χ2v) is 6.68. The van der Waals surface area contributed by atoms with Crippen LogP contribution in [-0.2, 0) is 4.79 Å². The van der Waals surface area contributed by atoms with Crippen LogP contribution in [0.15, 0.2) is 71.6 Å². The third-order valence-electron chi connectivity index (χ3n) is 3.51. The maximum Gasteiger partial charge on any atom is 0.237 e. The van der Waals surface area contributed by atoms with Crippen molar-refractivity contribution in [3.63, 3.8) is 0 Å². The minimum absolute atomic E-state index is 0.0744. The molecule has 3 aromatic carbocycles. The van der Waals surface area contributed by atoms with Crippen molar-refractivity contribution in [1.29, 1.82) is 0 Å². The molecule has 1 atom stereocenters. The van der Waals surface area contributed by atoms with Gasteiger partial charge < -0.3 is 5.32 Å². The molecule has 0 aromatic heterocycles. The van der Waals surface area contributed by atoms with Gasteiger partial charge in [-0.1, -0.05) is 30.3 Å². The summed E-state index contributed by atoms with van der Waals surface area (Å²) in [5.41, 5.74) is 0.778. The summed E-state index contributed by atoms with van der Waals surface area (Å²) in [7, 11) is 0. The van der Waals surface area contributed by atoms with E-state index < -0.39 is 0 Å². The van der Waals surface area contributed by atoms with Gasteiger partial charge in [-0.2, -0.15) is 0 Å². The van der Waals surface area contributed by atoms with Gasteiger partial charge in [-0.05, 0) is 54.1 Å². The van der Waals surface area contributed by atoms with Crippen LogP contribution in [0, 0.1) is 5.82 Å². The van der Waals surface area contributed by atoms with E-state index in [-0.39, 0.29) is 17.0 Å². The van der Waals surface area contributed by atoms with E-state index in [0.29, 0.717) is 0 Å². The van der Waals surface area contributed by atoms with Crippen molar-refractivity contribution in [3.8, 4) is 0 Å². The fraction of sp³-hybridized carbons (Fsp3) is 0.105. The number of carbonyl (C=O) groups is 1. The van der Waals surface area contributed by atoms with Crippen molar-refractivity contribution in [2.75, 3.05) is 5.32 Å². The summed E-state index contributed by atoms with van der Waals surface area (Å²) in [4.78, 5) is 13.2. The Hall–Kier alpha value is -2.33. The number of anilines is 1.